The van der Waals surface area contributed by atoms with Gasteiger partial charge in [0, 0.05) is 11.5 Å². The highest BCUT2D eigenvalue weighted by Gasteiger charge is 2.20. The molecule has 1 aliphatic heterocycles. The van der Waals surface area contributed by atoms with Gasteiger partial charge in [-0.05, 0) is 11.6 Å². The van der Waals surface area contributed by atoms with E-state index >= 15 is 0 Å². The fourth-order valence-electron chi connectivity index (χ4n) is 2.04. The van der Waals surface area contributed by atoms with Crippen molar-refractivity contribution < 1.29 is 9.15 Å². The molecule has 2 heterocycles. The molecule has 0 amide bonds. The van der Waals surface area contributed by atoms with Crippen molar-refractivity contribution in [1.82, 2.24) is 4.98 Å². The Balaban J connectivity index is 0.000000457. The Morgan fingerprint density at radius 1 is 1.31 bits per heavy atom. The molecule has 1 unspecified atom stereocenters. The summed E-state index contributed by atoms with van der Waals surface area (Å²) in [5, 5.41) is 0. The lowest BCUT2D eigenvalue weighted by Gasteiger charge is -2.22. The molecule has 2 aromatic rings. The molecule has 86 valence electrons. The van der Waals surface area contributed by atoms with Gasteiger partial charge in [0.2, 0.25) is 0 Å². The zero-order chi connectivity index (χ0) is 11.5. The minimum atomic E-state index is 0.458. The van der Waals surface area contributed by atoms with Gasteiger partial charge >= 0.3 is 0 Å². The van der Waals surface area contributed by atoms with Crippen molar-refractivity contribution in [1.29, 1.82) is 0 Å². The number of rotatable bonds is 0. The highest BCUT2D eigenvalue weighted by molar-refractivity contribution is 5.78. The lowest BCUT2D eigenvalue weighted by atomic mass is 9.94. The summed E-state index contributed by atoms with van der Waals surface area (Å²) in [6.45, 7) is 7.63. The van der Waals surface area contributed by atoms with Crippen LogP contribution in [0.5, 0.6) is 0 Å². The molecule has 0 fully saturated rings. The van der Waals surface area contributed by atoms with E-state index in [1.165, 1.54) is 17.5 Å². The third-order valence-corrected chi connectivity index (χ3v) is 2.79. The zero-order valence-electron chi connectivity index (χ0n) is 9.99. The summed E-state index contributed by atoms with van der Waals surface area (Å²) < 4.78 is 10.8. The number of hydrogen-bond donors (Lipinski definition) is 0. The van der Waals surface area contributed by atoms with E-state index in [2.05, 4.69) is 18.0 Å². The maximum Gasteiger partial charge on any atom is 0.181 e. The van der Waals surface area contributed by atoms with Gasteiger partial charge < -0.3 is 9.15 Å². The number of nitrogens with zero attached hydrogens (tertiary/aromatic N) is 1. The first-order valence-corrected chi connectivity index (χ1v) is 5.79. The molecular formula is C13H17NO2. The Morgan fingerprint density at radius 3 is 2.94 bits per heavy atom. The first kappa shape index (κ1) is 11.1. The Kier molecular flexibility index (Phi) is 3.25. The number of ether oxygens (including phenoxy) is 1. The molecule has 0 saturated carbocycles. The van der Waals surface area contributed by atoms with Gasteiger partial charge in [0.1, 0.15) is 5.52 Å². The normalized spacial score (nSPS) is 18.8. The van der Waals surface area contributed by atoms with Gasteiger partial charge in [0.15, 0.2) is 12.0 Å². The summed E-state index contributed by atoms with van der Waals surface area (Å²) in [4.78, 5) is 4.22. The summed E-state index contributed by atoms with van der Waals surface area (Å²) in [6.07, 6.45) is 1.49. The second-order valence-corrected chi connectivity index (χ2v) is 3.75. The van der Waals surface area contributed by atoms with Crippen LogP contribution in [-0.2, 0) is 11.3 Å². The molecular weight excluding hydrogens is 202 g/mol. The Bertz CT molecular complexity index is 476. The standard InChI is InChI=1S/C11H11NO2.C2H6/c1-7-4-13-5-9-8(7)2-3-10-11(9)12-6-14-10;1-2/h2-3,6-7H,4-5H2,1H3;1-2H3. The van der Waals surface area contributed by atoms with Gasteiger partial charge in [-0.1, -0.05) is 26.8 Å². The fourth-order valence-corrected chi connectivity index (χ4v) is 2.04. The van der Waals surface area contributed by atoms with Crippen LogP contribution < -0.4 is 0 Å². The number of fused-ring (bicyclic) bond motifs is 3. The van der Waals surface area contributed by atoms with Crippen LogP contribution in [0.2, 0.25) is 0 Å². The summed E-state index contributed by atoms with van der Waals surface area (Å²) in [7, 11) is 0. The lowest BCUT2D eigenvalue weighted by molar-refractivity contribution is 0.0960. The van der Waals surface area contributed by atoms with E-state index in [1.54, 1.807) is 0 Å². The first-order valence-electron chi connectivity index (χ1n) is 5.79. The van der Waals surface area contributed by atoms with Crippen LogP contribution in [-0.4, -0.2) is 11.6 Å². The average Bonchev–Trinajstić information content (AvgIpc) is 2.80. The molecule has 0 saturated heterocycles. The Morgan fingerprint density at radius 2 is 2.12 bits per heavy atom. The Hall–Kier alpha value is -1.35. The van der Waals surface area contributed by atoms with E-state index in [-0.39, 0.29) is 0 Å². The van der Waals surface area contributed by atoms with Gasteiger partial charge in [0.05, 0.1) is 13.2 Å². The molecule has 1 aliphatic rings. The molecule has 3 heteroatoms. The molecule has 0 aliphatic carbocycles. The van der Waals surface area contributed by atoms with Crippen LogP contribution in [0.15, 0.2) is 22.9 Å². The van der Waals surface area contributed by atoms with E-state index < -0.39 is 0 Å². The first-order chi connectivity index (χ1) is 7.86. The van der Waals surface area contributed by atoms with Crippen LogP contribution in [0.3, 0.4) is 0 Å². The molecule has 0 spiro atoms. The molecule has 1 aromatic carbocycles. The molecule has 3 nitrogen and oxygen atoms in total. The molecule has 16 heavy (non-hydrogen) atoms. The monoisotopic (exact) mass is 219 g/mol. The molecule has 0 N–H and O–H groups in total. The number of oxazole rings is 1. The van der Waals surface area contributed by atoms with Gasteiger partial charge in [-0.2, -0.15) is 0 Å². The molecule has 3 rings (SSSR count). The van der Waals surface area contributed by atoms with Crippen molar-refractivity contribution in [3.8, 4) is 0 Å². The van der Waals surface area contributed by atoms with Gasteiger partial charge in [-0.3, -0.25) is 0 Å². The second kappa shape index (κ2) is 4.66. The van der Waals surface area contributed by atoms with Crippen molar-refractivity contribution in [3.05, 3.63) is 29.7 Å². The maximum absolute atomic E-state index is 5.50. The second-order valence-electron chi connectivity index (χ2n) is 3.75. The van der Waals surface area contributed by atoms with Crippen LogP contribution in [0, 0.1) is 0 Å². The minimum Gasteiger partial charge on any atom is -0.443 e. The van der Waals surface area contributed by atoms with E-state index in [9.17, 15) is 0 Å². The predicted molar refractivity (Wildman–Crippen MR) is 63.4 cm³/mol. The largest absolute Gasteiger partial charge is 0.443 e. The minimum absolute atomic E-state index is 0.458. The average molecular weight is 219 g/mol. The van der Waals surface area contributed by atoms with E-state index in [0.29, 0.717) is 12.5 Å². The summed E-state index contributed by atoms with van der Waals surface area (Å²) in [6, 6.07) is 4.11. The van der Waals surface area contributed by atoms with Crippen LogP contribution >= 0.6 is 0 Å². The van der Waals surface area contributed by atoms with Crippen LogP contribution in [0.4, 0.5) is 0 Å². The number of hydrogen-bond acceptors (Lipinski definition) is 3. The van der Waals surface area contributed by atoms with Crippen molar-refractivity contribution in [3.63, 3.8) is 0 Å². The fraction of sp³-hybridized carbons (Fsp3) is 0.462. The quantitative estimate of drug-likeness (QED) is 0.680. The van der Waals surface area contributed by atoms with E-state index in [4.69, 9.17) is 9.15 Å². The third-order valence-electron chi connectivity index (χ3n) is 2.79. The van der Waals surface area contributed by atoms with Crippen molar-refractivity contribution >= 4 is 11.1 Å². The van der Waals surface area contributed by atoms with E-state index in [0.717, 1.165) is 17.7 Å². The van der Waals surface area contributed by atoms with Crippen molar-refractivity contribution in [2.45, 2.75) is 33.3 Å². The maximum atomic E-state index is 5.50. The zero-order valence-corrected chi connectivity index (χ0v) is 9.99. The number of benzene rings is 1. The predicted octanol–water partition coefficient (Wildman–Crippen LogP) is 3.49. The van der Waals surface area contributed by atoms with Gasteiger partial charge in [0.25, 0.3) is 0 Å². The summed E-state index contributed by atoms with van der Waals surface area (Å²) >= 11 is 0. The van der Waals surface area contributed by atoms with Crippen molar-refractivity contribution in [2.75, 3.05) is 6.61 Å². The summed E-state index contributed by atoms with van der Waals surface area (Å²) in [5.74, 6) is 0.458. The molecule has 1 aromatic heterocycles. The highest BCUT2D eigenvalue weighted by atomic mass is 16.5. The summed E-state index contributed by atoms with van der Waals surface area (Å²) in [5.41, 5.74) is 4.34. The van der Waals surface area contributed by atoms with Gasteiger partial charge in [-0.25, -0.2) is 4.98 Å². The van der Waals surface area contributed by atoms with E-state index in [1.807, 2.05) is 19.9 Å². The van der Waals surface area contributed by atoms with Crippen molar-refractivity contribution in [2.24, 2.45) is 0 Å². The number of aromatic nitrogens is 1. The van der Waals surface area contributed by atoms with Crippen LogP contribution in [0.25, 0.3) is 11.1 Å². The highest BCUT2D eigenvalue weighted by Crippen LogP contribution is 2.31. The SMILES string of the molecule is CC.CC1COCc2c1ccc1ocnc21. The third kappa shape index (κ3) is 1.71. The Labute approximate surface area is 95.4 Å². The van der Waals surface area contributed by atoms with Crippen LogP contribution in [0.1, 0.15) is 37.8 Å². The molecule has 0 radical (unpaired) electrons. The molecule has 0 bridgehead atoms. The lowest BCUT2D eigenvalue weighted by Crippen LogP contribution is -2.14. The van der Waals surface area contributed by atoms with Gasteiger partial charge in [-0.15, -0.1) is 0 Å². The smallest absolute Gasteiger partial charge is 0.181 e. The molecule has 1 atom stereocenters. The topological polar surface area (TPSA) is 35.3 Å².